The zero-order chi connectivity index (χ0) is 13.1. The Balaban J connectivity index is 2.64. The van der Waals surface area contributed by atoms with Crippen LogP contribution in [0, 0.1) is 0 Å². The first-order valence-electron chi connectivity index (χ1n) is 5.48. The van der Waals surface area contributed by atoms with E-state index in [0.29, 0.717) is 0 Å². The van der Waals surface area contributed by atoms with E-state index in [0.717, 1.165) is 0 Å². The summed E-state index contributed by atoms with van der Waals surface area (Å²) in [6.07, 6.45) is -1.59. The zero-order valence-corrected chi connectivity index (χ0v) is 10.3. The van der Waals surface area contributed by atoms with E-state index in [1.807, 2.05) is 0 Å². The molecule has 0 bridgehead atoms. The van der Waals surface area contributed by atoms with Crippen LogP contribution in [0.2, 0.25) is 0 Å². The van der Waals surface area contributed by atoms with Crippen molar-refractivity contribution in [1.29, 1.82) is 0 Å². The van der Waals surface area contributed by atoms with Gasteiger partial charge < -0.3 is 9.64 Å². The summed E-state index contributed by atoms with van der Waals surface area (Å²) in [5.41, 5.74) is 7.70. The van der Waals surface area contributed by atoms with Gasteiger partial charge in [-0.05, 0) is 32.7 Å². The molecule has 17 heavy (non-hydrogen) atoms. The van der Waals surface area contributed by atoms with E-state index in [1.54, 1.807) is 20.8 Å². The summed E-state index contributed by atoms with van der Waals surface area (Å²) in [5.74, 6) is 0. The van der Waals surface area contributed by atoms with Crippen LogP contribution >= 0.6 is 0 Å². The third-order valence-corrected chi connectivity index (χ3v) is 2.24. The minimum Gasteiger partial charge on any atom is -0.444 e. The van der Waals surface area contributed by atoms with Crippen molar-refractivity contribution in [3.05, 3.63) is 10.4 Å². The third kappa shape index (κ3) is 4.48. The lowest BCUT2D eigenvalue weighted by molar-refractivity contribution is 0.0115. The number of carbonyl (C=O) groups excluding carboxylic acids is 1. The second-order valence-electron chi connectivity index (χ2n) is 5.08. The second kappa shape index (κ2) is 5.23. The number of nitrogens with zero attached hydrogens (tertiary/aromatic N) is 4. The fraction of sp³-hybridized carbons (Fsp3) is 0.900. The first-order chi connectivity index (χ1) is 7.81. The number of piperidine rings is 1. The molecule has 96 valence electrons. The summed E-state index contributed by atoms with van der Waals surface area (Å²) in [4.78, 5) is 15.6. The van der Waals surface area contributed by atoms with Crippen molar-refractivity contribution >= 4 is 6.09 Å². The predicted octanol–water partition coefficient (Wildman–Crippen LogP) is 2.64. The van der Waals surface area contributed by atoms with Gasteiger partial charge in [-0.25, -0.2) is 9.18 Å². The molecule has 1 amide bonds. The highest BCUT2D eigenvalue weighted by Crippen LogP contribution is 2.19. The van der Waals surface area contributed by atoms with Crippen LogP contribution in [0.1, 0.15) is 27.2 Å². The van der Waals surface area contributed by atoms with Crippen LogP contribution in [0.4, 0.5) is 9.18 Å². The first-order valence-corrected chi connectivity index (χ1v) is 5.48. The number of azide groups is 1. The van der Waals surface area contributed by atoms with Gasteiger partial charge in [0.05, 0.1) is 12.6 Å². The molecule has 6 nitrogen and oxygen atoms in total. The highest BCUT2D eigenvalue weighted by molar-refractivity contribution is 5.68. The molecule has 1 fully saturated rings. The largest absolute Gasteiger partial charge is 0.444 e. The van der Waals surface area contributed by atoms with Crippen molar-refractivity contribution < 1.29 is 13.9 Å². The first kappa shape index (κ1) is 13.6. The van der Waals surface area contributed by atoms with Gasteiger partial charge >= 0.3 is 6.09 Å². The highest BCUT2D eigenvalue weighted by Gasteiger charge is 2.31. The summed E-state index contributed by atoms with van der Waals surface area (Å²) in [6, 6.07) is -0.517. The normalized spacial score (nSPS) is 25.1. The monoisotopic (exact) mass is 244 g/mol. The van der Waals surface area contributed by atoms with E-state index < -0.39 is 23.9 Å². The average Bonchev–Trinajstić information content (AvgIpc) is 2.14. The molecular formula is C10H17FN4O2. The zero-order valence-electron chi connectivity index (χ0n) is 10.3. The summed E-state index contributed by atoms with van der Waals surface area (Å²) in [6.45, 7) is 5.43. The van der Waals surface area contributed by atoms with Gasteiger partial charge in [-0.15, -0.1) is 0 Å². The van der Waals surface area contributed by atoms with Gasteiger partial charge in [-0.1, -0.05) is 5.11 Å². The lowest BCUT2D eigenvalue weighted by Crippen LogP contribution is -2.48. The van der Waals surface area contributed by atoms with E-state index in [-0.39, 0.29) is 19.5 Å². The predicted molar refractivity (Wildman–Crippen MR) is 60.3 cm³/mol. The molecule has 0 saturated carbocycles. The number of amides is 1. The smallest absolute Gasteiger partial charge is 0.410 e. The van der Waals surface area contributed by atoms with Crippen LogP contribution in [0.25, 0.3) is 10.4 Å². The minimum absolute atomic E-state index is 0.00758. The molecule has 1 saturated heterocycles. The molecule has 0 aromatic rings. The lowest BCUT2D eigenvalue weighted by Gasteiger charge is -2.34. The maximum absolute atomic E-state index is 13.4. The quantitative estimate of drug-likeness (QED) is 0.404. The maximum atomic E-state index is 13.4. The van der Waals surface area contributed by atoms with E-state index in [4.69, 9.17) is 10.3 Å². The highest BCUT2D eigenvalue weighted by atomic mass is 19.1. The molecule has 0 aromatic carbocycles. The Labute approximate surface area is 99.4 Å². The van der Waals surface area contributed by atoms with Crippen LogP contribution in [0.15, 0.2) is 5.11 Å². The number of hydrogen-bond donors (Lipinski definition) is 0. The Hall–Kier alpha value is -1.49. The summed E-state index contributed by atoms with van der Waals surface area (Å²) >= 11 is 0. The molecular weight excluding hydrogens is 227 g/mol. The number of rotatable bonds is 1. The number of halogens is 1. The fourth-order valence-electron chi connectivity index (χ4n) is 1.64. The van der Waals surface area contributed by atoms with Crippen molar-refractivity contribution in [1.82, 2.24) is 4.90 Å². The van der Waals surface area contributed by atoms with Gasteiger partial charge in [0.2, 0.25) is 0 Å². The molecule has 0 unspecified atom stereocenters. The molecule has 0 spiro atoms. The van der Waals surface area contributed by atoms with Gasteiger partial charge in [0.1, 0.15) is 11.8 Å². The summed E-state index contributed by atoms with van der Waals surface area (Å²) in [5, 5.41) is 3.45. The van der Waals surface area contributed by atoms with Gasteiger partial charge in [0, 0.05) is 11.5 Å². The molecule has 0 N–H and O–H groups in total. The second-order valence-corrected chi connectivity index (χ2v) is 5.08. The van der Waals surface area contributed by atoms with E-state index in [9.17, 15) is 9.18 Å². The van der Waals surface area contributed by atoms with Gasteiger partial charge in [0.15, 0.2) is 0 Å². The molecule has 0 radical (unpaired) electrons. The molecule has 7 heteroatoms. The standard InChI is InChI=1S/C10H17FN4O2/c1-10(2,3)17-9(16)15-5-7(11)4-8(6-15)13-14-12/h7-8H,4-6H2,1-3H3/t7-,8+/m0/s1. The lowest BCUT2D eigenvalue weighted by atomic mass is 10.1. The molecule has 2 atom stereocenters. The number of alkyl halides is 1. The number of ether oxygens (including phenoxy) is 1. The van der Waals surface area contributed by atoms with Gasteiger partial charge in [-0.3, -0.25) is 0 Å². The van der Waals surface area contributed by atoms with Crippen molar-refractivity contribution in [3.8, 4) is 0 Å². The Morgan fingerprint density at radius 2 is 2.18 bits per heavy atom. The molecule has 0 aromatic heterocycles. The van der Waals surface area contributed by atoms with Crippen LogP contribution in [-0.4, -0.2) is 41.9 Å². The molecule has 1 aliphatic heterocycles. The third-order valence-electron chi connectivity index (χ3n) is 2.24. The van der Waals surface area contributed by atoms with E-state index in [2.05, 4.69) is 10.0 Å². The van der Waals surface area contributed by atoms with E-state index in [1.165, 1.54) is 4.90 Å². The molecule has 1 rings (SSSR count). The van der Waals surface area contributed by atoms with Crippen LogP contribution in [0.5, 0.6) is 0 Å². The summed E-state index contributed by atoms with van der Waals surface area (Å²) in [7, 11) is 0. The van der Waals surface area contributed by atoms with Crippen LogP contribution in [-0.2, 0) is 4.74 Å². The number of likely N-dealkylation sites (tertiary alicyclic amines) is 1. The van der Waals surface area contributed by atoms with Crippen molar-refractivity contribution in [2.45, 2.75) is 45.0 Å². The number of carbonyl (C=O) groups is 1. The maximum Gasteiger partial charge on any atom is 0.410 e. The fourth-order valence-corrected chi connectivity index (χ4v) is 1.64. The van der Waals surface area contributed by atoms with Crippen LogP contribution in [0.3, 0.4) is 0 Å². The topological polar surface area (TPSA) is 78.3 Å². The molecule has 0 aliphatic carbocycles. The Morgan fingerprint density at radius 3 is 2.71 bits per heavy atom. The average molecular weight is 244 g/mol. The Bertz CT molecular complexity index is 336. The van der Waals surface area contributed by atoms with Gasteiger partial charge in [0.25, 0.3) is 0 Å². The Morgan fingerprint density at radius 1 is 1.53 bits per heavy atom. The van der Waals surface area contributed by atoms with Crippen molar-refractivity contribution in [2.24, 2.45) is 5.11 Å². The SMILES string of the molecule is CC(C)(C)OC(=O)N1C[C@@H](F)C[C@@H](N=[N+]=[N-])C1. The van der Waals surface area contributed by atoms with Crippen molar-refractivity contribution in [3.63, 3.8) is 0 Å². The minimum atomic E-state index is -1.17. The molecule has 1 aliphatic rings. The Kier molecular flexibility index (Phi) is 4.17. The van der Waals surface area contributed by atoms with Crippen LogP contribution < -0.4 is 0 Å². The number of hydrogen-bond acceptors (Lipinski definition) is 3. The van der Waals surface area contributed by atoms with Gasteiger partial charge in [-0.2, -0.15) is 0 Å². The molecule has 1 heterocycles. The summed E-state index contributed by atoms with van der Waals surface area (Å²) < 4.78 is 18.5. The van der Waals surface area contributed by atoms with E-state index >= 15 is 0 Å². The van der Waals surface area contributed by atoms with Crippen molar-refractivity contribution in [2.75, 3.05) is 13.1 Å².